The zero-order chi connectivity index (χ0) is 18.3. The van der Waals surface area contributed by atoms with Crippen molar-refractivity contribution in [2.45, 2.75) is 33.1 Å². The summed E-state index contributed by atoms with van der Waals surface area (Å²) in [6.07, 6.45) is 3.15. The number of nitrogens with one attached hydrogen (secondary N) is 1. The molecule has 2 aromatic heterocycles. The molecule has 2 heterocycles. The molecule has 26 heavy (non-hydrogen) atoms. The maximum Gasteiger partial charge on any atom is 0.260 e. The van der Waals surface area contributed by atoms with Crippen LogP contribution in [0, 0.1) is 5.92 Å². The topological polar surface area (TPSA) is 64.2 Å². The first-order valence-electron chi connectivity index (χ1n) is 8.96. The van der Waals surface area contributed by atoms with Crippen molar-refractivity contribution in [3.05, 3.63) is 39.0 Å². The number of aryl methyl sites for hydroxylation is 1. The molecule has 0 bridgehead atoms. The van der Waals surface area contributed by atoms with E-state index in [0.29, 0.717) is 29.8 Å². The van der Waals surface area contributed by atoms with Crippen molar-refractivity contribution in [2.24, 2.45) is 5.92 Å². The first kappa shape index (κ1) is 17.1. The van der Waals surface area contributed by atoms with E-state index in [1.807, 2.05) is 25.1 Å². The molecule has 5 nitrogen and oxygen atoms in total. The van der Waals surface area contributed by atoms with Crippen LogP contribution in [0.4, 0.5) is 0 Å². The Hall–Kier alpha value is -2.34. The molecule has 0 amide bonds. The Morgan fingerprint density at radius 3 is 2.96 bits per heavy atom. The van der Waals surface area contributed by atoms with Gasteiger partial charge in [0.05, 0.1) is 19.1 Å². The van der Waals surface area contributed by atoms with Crippen molar-refractivity contribution in [3.8, 4) is 22.9 Å². The van der Waals surface area contributed by atoms with Gasteiger partial charge in [-0.2, -0.15) is 0 Å². The smallest absolute Gasteiger partial charge is 0.260 e. The molecular weight excluding hydrogens is 348 g/mol. The van der Waals surface area contributed by atoms with Crippen LogP contribution >= 0.6 is 11.3 Å². The molecule has 3 aromatic rings. The molecule has 0 saturated carbocycles. The molecule has 1 aromatic carbocycles. The third-order valence-electron chi connectivity index (χ3n) is 4.90. The Bertz CT molecular complexity index is 1020. The van der Waals surface area contributed by atoms with E-state index in [0.717, 1.165) is 35.0 Å². The molecule has 0 aliphatic heterocycles. The van der Waals surface area contributed by atoms with Crippen LogP contribution in [0.5, 0.6) is 11.5 Å². The SMILES string of the molecule is CCOc1cc(-c2nc3sc4c(c3c(=O)[nH]2)CCC(C)C4)ccc1OC. The van der Waals surface area contributed by atoms with Crippen molar-refractivity contribution in [3.63, 3.8) is 0 Å². The number of fused-ring (bicyclic) bond motifs is 3. The minimum absolute atomic E-state index is 0.0502. The number of aromatic nitrogens is 2. The second-order valence-corrected chi connectivity index (χ2v) is 7.83. The molecule has 0 radical (unpaired) electrons. The minimum atomic E-state index is -0.0502. The van der Waals surface area contributed by atoms with Gasteiger partial charge < -0.3 is 14.5 Å². The average molecular weight is 370 g/mol. The van der Waals surface area contributed by atoms with Gasteiger partial charge in [0.2, 0.25) is 0 Å². The van der Waals surface area contributed by atoms with Gasteiger partial charge in [0.15, 0.2) is 11.5 Å². The van der Waals surface area contributed by atoms with Crippen LogP contribution in [0.3, 0.4) is 0 Å². The standard InChI is InChI=1S/C20H22N2O3S/c1-4-25-15-10-12(6-8-14(15)24-3)18-21-19(23)17-13-7-5-11(2)9-16(13)26-20(17)22-18/h6,8,10-11H,4-5,7,9H2,1-3H3,(H,21,22,23). The number of benzene rings is 1. The van der Waals surface area contributed by atoms with Gasteiger partial charge in [-0.25, -0.2) is 4.98 Å². The Balaban J connectivity index is 1.83. The van der Waals surface area contributed by atoms with Gasteiger partial charge in [-0.05, 0) is 55.9 Å². The van der Waals surface area contributed by atoms with Crippen molar-refractivity contribution in [2.75, 3.05) is 13.7 Å². The number of methoxy groups -OCH3 is 1. The molecule has 0 saturated heterocycles. The Kier molecular flexibility index (Phi) is 4.44. The number of nitrogens with zero attached hydrogens (tertiary/aromatic N) is 1. The minimum Gasteiger partial charge on any atom is -0.493 e. The van der Waals surface area contributed by atoms with Crippen LogP contribution in [0.2, 0.25) is 0 Å². The fraction of sp³-hybridized carbons (Fsp3) is 0.400. The third kappa shape index (κ3) is 2.88. The largest absolute Gasteiger partial charge is 0.493 e. The molecule has 0 spiro atoms. The fourth-order valence-corrected chi connectivity index (χ4v) is 4.96. The number of aromatic amines is 1. The normalized spacial score (nSPS) is 16.5. The molecule has 1 aliphatic rings. The van der Waals surface area contributed by atoms with Crippen LogP contribution in [-0.2, 0) is 12.8 Å². The molecule has 4 rings (SSSR count). The maximum absolute atomic E-state index is 12.8. The van der Waals surface area contributed by atoms with Crippen LogP contribution < -0.4 is 15.0 Å². The highest BCUT2D eigenvalue weighted by Gasteiger charge is 2.23. The van der Waals surface area contributed by atoms with Crippen molar-refractivity contribution in [1.82, 2.24) is 9.97 Å². The van der Waals surface area contributed by atoms with Gasteiger partial charge in [0, 0.05) is 10.4 Å². The lowest BCUT2D eigenvalue weighted by molar-refractivity contribution is 0.311. The molecule has 6 heteroatoms. The number of ether oxygens (including phenoxy) is 2. The number of rotatable bonds is 4. The van der Waals surface area contributed by atoms with Gasteiger partial charge >= 0.3 is 0 Å². The van der Waals surface area contributed by atoms with Crippen molar-refractivity contribution in [1.29, 1.82) is 0 Å². The van der Waals surface area contributed by atoms with Crippen LogP contribution in [0.1, 0.15) is 30.7 Å². The maximum atomic E-state index is 12.8. The zero-order valence-electron chi connectivity index (χ0n) is 15.2. The Morgan fingerprint density at radius 1 is 1.35 bits per heavy atom. The first-order valence-corrected chi connectivity index (χ1v) is 9.78. The van der Waals surface area contributed by atoms with E-state index in [1.54, 1.807) is 18.4 Å². The summed E-state index contributed by atoms with van der Waals surface area (Å²) in [5, 5.41) is 0.777. The molecule has 1 unspecified atom stereocenters. The lowest BCUT2D eigenvalue weighted by Gasteiger charge is -2.17. The predicted octanol–water partition coefficient (Wildman–Crippen LogP) is 4.18. The quantitative estimate of drug-likeness (QED) is 0.748. The van der Waals surface area contributed by atoms with Crippen LogP contribution in [-0.4, -0.2) is 23.7 Å². The van der Waals surface area contributed by atoms with E-state index in [1.165, 1.54) is 10.4 Å². The van der Waals surface area contributed by atoms with Gasteiger partial charge in [0.25, 0.3) is 5.56 Å². The lowest BCUT2D eigenvalue weighted by Crippen LogP contribution is -2.13. The number of hydrogen-bond donors (Lipinski definition) is 1. The monoisotopic (exact) mass is 370 g/mol. The molecule has 1 atom stereocenters. The van der Waals surface area contributed by atoms with Gasteiger partial charge in [-0.15, -0.1) is 11.3 Å². The van der Waals surface area contributed by atoms with E-state index >= 15 is 0 Å². The summed E-state index contributed by atoms with van der Waals surface area (Å²) in [5.41, 5.74) is 1.96. The number of thiophene rings is 1. The van der Waals surface area contributed by atoms with Crippen LogP contribution in [0.25, 0.3) is 21.6 Å². The van der Waals surface area contributed by atoms with E-state index in [2.05, 4.69) is 11.9 Å². The summed E-state index contributed by atoms with van der Waals surface area (Å²) < 4.78 is 11.0. The second kappa shape index (κ2) is 6.76. The highest BCUT2D eigenvalue weighted by molar-refractivity contribution is 7.18. The van der Waals surface area contributed by atoms with Gasteiger partial charge in [0.1, 0.15) is 10.7 Å². The number of hydrogen-bond acceptors (Lipinski definition) is 5. The first-order chi connectivity index (χ1) is 12.6. The summed E-state index contributed by atoms with van der Waals surface area (Å²) in [5.74, 6) is 2.55. The second-order valence-electron chi connectivity index (χ2n) is 6.75. The summed E-state index contributed by atoms with van der Waals surface area (Å²) in [6.45, 7) is 4.73. The highest BCUT2D eigenvalue weighted by atomic mass is 32.1. The Labute approximate surface area is 156 Å². The Morgan fingerprint density at radius 2 is 2.19 bits per heavy atom. The third-order valence-corrected chi connectivity index (χ3v) is 6.05. The summed E-state index contributed by atoms with van der Waals surface area (Å²) in [6, 6.07) is 5.59. The number of H-pyrrole nitrogens is 1. The van der Waals surface area contributed by atoms with Crippen molar-refractivity contribution < 1.29 is 9.47 Å². The summed E-state index contributed by atoms with van der Waals surface area (Å²) in [7, 11) is 1.61. The van der Waals surface area contributed by atoms with E-state index in [-0.39, 0.29) is 5.56 Å². The van der Waals surface area contributed by atoms with Crippen molar-refractivity contribution >= 4 is 21.6 Å². The van der Waals surface area contributed by atoms with E-state index in [4.69, 9.17) is 14.5 Å². The zero-order valence-corrected chi connectivity index (χ0v) is 16.0. The summed E-state index contributed by atoms with van der Waals surface area (Å²) in [4.78, 5) is 22.6. The fourth-order valence-electron chi connectivity index (χ4n) is 3.58. The van der Waals surface area contributed by atoms with Crippen LogP contribution in [0.15, 0.2) is 23.0 Å². The van der Waals surface area contributed by atoms with E-state index < -0.39 is 0 Å². The molecule has 1 N–H and O–H groups in total. The molecule has 136 valence electrons. The van der Waals surface area contributed by atoms with Gasteiger partial charge in [-0.1, -0.05) is 6.92 Å². The van der Waals surface area contributed by atoms with Gasteiger partial charge in [-0.3, -0.25) is 4.79 Å². The molecular formula is C20H22N2O3S. The average Bonchev–Trinajstić information content (AvgIpc) is 2.99. The molecule has 0 fully saturated rings. The predicted molar refractivity (Wildman–Crippen MR) is 105 cm³/mol. The highest BCUT2D eigenvalue weighted by Crippen LogP contribution is 2.37. The lowest BCUT2D eigenvalue weighted by atomic mass is 9.89. The molecule has 1 aliphatic carbocycles. The van der Waals surface area contributed by atoms with E-state index in [9.17, 15) is 4.79 Å². The summed E-state index contributed by atoms with van der Waals surface area (Å²) >= 11 is 1.66.